The zero-order valence-corrected chi connectivity index (χ0v) is 47.3. The van der Waals surface area contributed by atoms with E-state index in [1.807, 2.05) is 76.2 Å². The molecule has 11 aromatic rings. The molecule has 0 amide bonds. The Kier molecular flexibility index (Phi) is 18.0. The first-order valence-electron chi connectivity index (χ1n) is 26.8. The van der Waals surface area contributed by atoms with Crippen LogP contribution in [0.15, 0.2) is 192 Å². The van der Waals surface area contributed by atoms with Gasteiger partial charge in [0, 0.05) is 55.3 Å². The molecule has 7 heteroatoms. The van der Waals surface area contributed by atoms with Crippen molar-refractivity contribution in [2.75, 3.05) is 0 Å². The molecule has 3 aromatic heterocycles. The summed E-state index contributed by atoms with van der Waals surface area (Å²) >= 11 is 0. The first-order valence-corrected chi connectivity index (χ1v) is 26.8. The number of aromatic nitrogens is 3. The maximum atomic E-state index is 11.7. The first-order chi connectivity index (χ1) is 36.5. The van der Waals surface area contributed by atoms with E-state index in [-0.39, 0.29) is 55.3 Å². The number of aliphatic hydroxyl groups is 1. The number of carbonyl (C=O) groups excluding carboxylic acids is 1. The molecule has 0 saturated heterocycles. The Morgan fingerprint density at radius 2 is 1.28 bits per heavy atom. The molecule has 0 aliphatic heterocycles. The van der Waals surface area contributed by atoms with Crippen LogP contribution < -0.4 is 0 Å². The minimum absolute atomic E-state index is 0. The van der Waals surface area contributed by atoms with Crippen molar-refractivity contribution in [1.82, 2.24) is 14.5 Å². The van der Waals surface area contributed by atoms with Crippen molar-refractivity contribution in [3.8, 4) is 39.5 Å². The number of hydrogen-bond acceptors (Lipinski definition) is 5. The monoisotopic (exact) mass is 1180 g/mol. The molecule has 3 heterocycles. The SMILES string of the molecule is CC(C)c1cc(-c2ccccc2)cc(C(C)C)c1-n1c(-c2[c-]ccc3c2oc2cc4c(ccc5ccccc54)cc23)nc2ccccc21.CCC(CC)C(=O)/C=C(\O)C(CC)CC.[Ir].[c-]1ccccc1-c1ccccn1. The van der Waals surface area contributed by atoms with Crippen LogP contribution >= 0.6 is 0 Å². The third kappa shape index (κ3) is 11.5. The Hall–Kier alpha value is -7.44. The van der Waals surface area contributed by atoms with Crippen LogP contribution in [0.25, 0.3) is 94.0 Å². The summed E-state index contributed by atoms with van der Waals surface area (Å²) in [5.41, 5.74) is 12.8. The standard InChI is InChI=1S/C45H35N2O.C13H24O2.C11H8N.Ir/c1-27(2)36-24-32(29-13-6-5-7-14-29)25-37(28(3)4)43(36)47-41-20-11-10-19-40(41)46-45(47)35-18-12-17-34-39-23-31-22-21-30-15-8-9-16-33(30)38(31)26-42(39)48-44(34)35;1-5-10(6-2)12(14)9-13(15)11(7-3)8-4;1-2-6-10(7-3-1)11-8-4-5-9-12-11;/h5-17,19-28H,1-4H3;9-11,14H,5-8H2,1-4H3;1-6,8-9H;/q-1;;-1;/b;12-9-;;. The van der Waals surface area contributed by atoms with Gasteiger partial charge in [0.05, 0.1) is 28.2 Å². The second kappa shape index (κ2) is 24.9. The van der Waals surface area contributed by atoms with E-state index in [1.54, 1.807) is 6.20 Å². The number of rotatable bonds is 13. The molecule has 11 rings (SSSR count). The smallest absolute Gasteiger partial charge is 0.162 e. The minimum Gasteiger partial charge on any atom is -0.512 e. The van der Waals surface area contributed by atoms with Crippen molar-refractivity contribution in [2.24, 2.45) is 11.8 Å². The maximum absolute atomic E-state index is 11.7. The molecule has 0 saturated carbocycles. The summed E-state index contributed by atoms with van der Waals surface area (Å²) in [6.07, 6.45) is 6.69. The number of pyridine rings is 1. The number of benzene rings is 8. The quantitative estimate of drug-likeness (QED) is 0.0538. The summed E-state index contributed by atoms with van der Waals surface area (Å²) in [5.74, 6) is 1.95. The topological polar surface area (TPSA) is 81.2 Å². The molecule has 0 fully saturated rings. The third-order valence-corrected chi connectivity index (χ3v) is 14.6. The van der Waals surface area contributed by atoms with Crippen molar-refractivity contribution in [3.05, 3.63) is 211 Å². The maximum Gasteiger partial charge on any atom is 0.162 e. The number of ketones is 1. The van der Waals surface area contributed by atoms with Gasteiger partial charge in [-0.25, -0.2) is 0 Å². The van der Waals surface area contributed by atoms with E-state index in [4.69, 9.17) is 9.40 Å². The van der Waals surface area contributed by atoms with Gasteiger partial charge in [0.2, 0.25) is 0 Å². The molecule has 8 aromatic carbocycles. The van der Waals surface area contributed by atoms with Crippen LogP contribution in [0.1, 0.15) is 104 Å². The number of nitrogens with zero attached hydrogens (tertiary/aromatic N) is 3. The number of fused-ring (bicyclic) bond motifs is 7. The van der Waals surface area contributed by atoms with Gasteiger partial charge in [-0.3, -0.25) is 9.78 Å². The van der Waals surface area contributed by atoms with Crippen LogP contribution in [0.5, 0.6) is 0 Å². The zero-order chi connectivity index (χ0) is 52.6. The van der Waals surface area contributed by atoms with Crippen LogP contribution in [0, 0.1) is 24.0 Å². The van der Waals surface area contributed by atoms with E-state index in [0.29, 0.717) is 0 Å². The van der Waals surface area contributed by atoms with E-state index in [1.165, 1.54) is 55.6 Å². The van der Waals surface area contributed by atoms with Crippen molar-refractivity contribution in [1.29, 1.82) is 0 Å². The summed E-state index contributed by atoms with van der Waals surface area (Å²) in [7, 11) is 0. The molecule has 1 radical (unpaired) electrons. The zero-order valence-electron chi connectivity index (χ0n) is 44.9. The van der Waals surface area contributed by atoms with Gasteiger partial charge in [-0.2, -0.15) is 0 Å². The molecular weight excluding hydrogens is 1110 g/mol. The normalized spacial score (nSPS) is 11.7. The fourth-order valence-corrected chi connectivity index (χ4v) is 10.3. The summed E-state index contributed by atoms with van der Waals surface area (Å²) in [6, 6.07) is 65.9. The number of imidazole rings is 1. The van der Waals surface area contributed by atoms with Crippen LogP contribution in [-0.2, 0) is 24.9 Å². The Morgan fingerprint density at radius 1 is 0.618 bits per heavy atom. The Labute approximate surface area is 461 Å². The van der Waals surface area contributed by atoms with E-state index in [2.05, 4.69) is 171 Å². The van der Waals surface area contributed by atoms with Gasteiger partial charge < -0.3 is 19.1 Å². The fourth-order valence-electron chi connectivity index (χ4n) is 10.3. The van der Waals surface area contributed by atoms with Gasteiger partial charge >= 0.3 is 0 Å². The molecular formula is C69H67IrN3O3-2. The van der Waals surface area contributed by atoms with Crippen molar-refractivity contribution in [2.45, 2.75) is 92.9 Å². The van der Waals surface area contributed by atoms with Crippen LogP contribution in [-0.4, -0.2) is 25.4 Å². The van der Waals surface area contributed by atoms with Gasteiger partial charge in [-0.05, 0) is 129 Å². The molecule has 0 aliphatic rings. The van der Waals surface area contributed by atoms with Crippen LogP contribution in [0.4, 0.5) is 0 Å². The number of para-hydroxylation sites is 2. The van der Waals surface area contributed by atoms with E-state index >= 15 is 0 Å². The van der Waals surface area contributed by atoms with Crippen LogP contribution in [0.3, 0.4) is 0 Å². The number of hydrogen-bond donors (Lipinski definition) is 1. The summed E-state index contributed by atoms with van der Waals surface area (Å²) in [4.78, 5) is 21.3. The number of furan rings is 1. The number of aliphatic hydroxyl groups excluding tert-OH is 1. The first kappa shape index (κ1) is 54.8. The van der Waals surface area contributed by atoms with Gasteiger partial charge in [0.1, 0.15) is 5.58 Å². The van der Waals surface area contributed by atoms with E-state index in [0.717, 1.165) is 81.3 Å². The molecule has 1 N–H and O–H groups in total. The second-order valence-corrected chi connectivity index (χ2v) is 20.0. The Morgan fingerprint density at radius 3 is 1.95 bits per heavy atom. The molecule has 0 spiro atoms. The summed E-state index contributed by atoms with van der Waals surface area (Å²) in [6.45, 7) is 17.2. The van der Waals surface area contributed by atoms with E-state index < -0.39 is 0 Å². The second-order valence-electron chi connectivity index (χ2n) is 20.0. The molecule has 0 atom stereocenters. The van der Waals surface area contributed by atoms with Crippen LogP contribution in [0.2, 0.25) is 0 Å². The summed E-state index contributed by atoms with van der Waals surface area (Å²) < 4.78 is 9.20. The molecule has 387 valence electrons. The van der Waals surface area contributed by atoms with Crippen molar-refractivity contribution < 1.29 is 34.4 Å². The average molecular weight is 1180 g/mol. The van der Waals surface area contributed by atoms with Gasteiger partial charge in [-0.15, -0.1) is 54.1 Å². The summed E-state index contributed by atoms with van der Waals surface area (Å²) in [5, 5.41) is 16.8. The largest absolute Gasteiger partial charge is 0.512 e. The number of carbonyl (C=O) groups is 1. The third-order valence-electron chi connectivity index (χ3n) is 14.6. The molecule has 0 aliphatic carbocycles. The number of allylic oxidation sites excluding steroid dienone is 2. The molecule has 6 nitrogen and oxygen atoms in total. The molecule has 76 heavy (non-hydrogen) atoms. The predicted molar refractivity (Wildman–Crippen MR) is 314 cm³/mol. The predicted octanol–water partition coefficient (Wildman–Crippen LogP) is 19.0. The van der Waals surface area contributed by atoms with Gasteiger partial charge in [0.15, 0.2) is 5.78 Å². The minimum atomic E-state index is 0. The molecule has 0 unspecified atom stereocenters. The fraction of sp³-hybridized carbons (Fsp3) is 0.232. The average Bonchev–Trinajstić information content (AvgIpc) is 4.07. The Bertz CT molecular complexity index is 3690. The Balaban J connectivity index is 0.000000224. The molecule has 0 bridgehead atoms. The van der Waals surface area contributed by atoms with Crippen molar-refractivity contribution >= 4 is 60.3 Å². The van der Waals surface area contributed by atoms with E-state index in [9.17, 15) is 9.90 Å². The van der Waals surface area contributed by atoms with Crippen molar-refractivity contribution in [3.63, 3.8) is 0 Å². The van der Waals surface area contributed by atoms with Gasteiger partial charge in [-0.1, -0.05) is 157 Å². The van der Waals surface area contributed by atoms with Gasteiger partial charge in [0.25, 0.3) is 0 Å².